The molecule has 1 N–H and O–H groups in total. The number of hydrogen-bond acceptors (Lipinski definition) is 6. The highest BCUT2D eigenvalue weighted by Crippen LogP contribution is 2.19. The molecule has 0 aliphatic carbocycles. The van der Waals surface area contributed by atoms with Gasteiger partial charge in [-0.1, -0.05) is 36.4 Å². The maximum absolute atomic E-state index is 12.0. The molecule has 0 amide bonds. The fourth-order valence-corrected chi connectivity index (χ4v) is 2.47. The van der Waals surface area contributed by atoms with Crippen molar-refractivity contribution in [2.75, 3.05) is 6.61 Å². The van der Waals surface area contributed by atoms with Gasteiger partial charge in [0.1, 0.15) is 18.5 Å². The average molecular weight is 367 g/mol. The van der Waals surface area contributed by atoms with Crippen molar-refractivity contribution >= 4 is 5.69 Å². The van der Waals surface area contributed by atoms with Gasteiger partial charge in [-0.15, -0.1) is 0 Å². The molecule has 27 heavy (non-hydrogen) atoms. The zero-order chi connectivity index (χ0) is 19.2. The van der Waals surface area contributed by atoms with Crippen molar-refractivity contribution in [3.05, 3.63) is 87.2 Å². The Morgan fingerprint density at radius 1 is 1.11 bits per heavy atom. The lowest BCUT2D eigenvalue weighted by molar-refractivity contribution is -0.384. The fraction of sp³-hybridized carbons (Fsp3) is 0.158. The van der Waals surface area contributed by atoms with Crippen LogP contribution < -0.4 is 10.3 Å². The van der Waals surface area contributed by atoms with Crippen LogP contribution in [0.25, 0.3) is 11.3 Å². The van der Waals surface area contributed by atoms with Crippen LogP contribution in [0, 0.1) is 10.1 Å². The molecule has 1 atom stereocenters. The minimum absolute atomic E-state index is 0.0611. The lowest BCUT2D eigenvalue weighted by atomic mass is 10.1. The van der Waals surface area contributed by atoms with Crippen LogP contribution in [0.5, 0.6) is 5.75 Å². The summed E-state index contributed by atoms with van der Waals surface area (Å²) in [6.07, 6.45) is -1.01. The highest BCUT2D eigenvalue weighted by Gasteiger charge is 2.12. The van der Waals surface area contributed by atoms with Crippen molar-refractivity contribution in [1.82, 2.24) is 9.78 Å². The van der Waals surface area contributed by atoms with Crippen LogP contribution in [-0.4, -0.2) is 32.5 Å². The summed E-state index contributed by atoms with van der Waals surface area (Å²) in [6, 6.07) is 18.1. The second-order valence-corrected chi connectivity index (χ2v) is 5.82. The van der Waals surface area contributed by atoms with Gasteiger partial charge in [-0.2, -0.15) is 5.10 Å². The smallest absolute Gasteiger partial charge is 0.273 e. The number of rotatable bonds is 7. The number of hydrogen-bond donors (Lipinski definition) is 1. The molecule has 0 saturated carbocycles. The summed E-state index contributed by atoms with van der Waals surface area (Å²) in [4.78, 5) is 22.3. The van der Waals surface area contributed by atoms with Gasteiger partial charge in [-0.05, 0) is 12.1 Å². The Labute approximate surface area is 154 Å². The van der Waals surface area contributed by atoms with E-state index in [1.807, 2.05) is 30.3 Å². The molecule has 0 aliphatic rings. The number of benzene rings is 2. The second kappa shape index (κ2) is 8.24. The average Bonchev–Trinajstić information content (AvgIpc) is 2.69. The molecular weight excluding hydrogens is 350 g/mol. The van der Waals surface area contributed by atoms with Gasteiger partial charge in [-0.25, -0.2) is 4.68 Å². The molecule has 0 fully saturated rings. The predicted molar refractivity (Wildman–Crippen MR) is 98.5 cm³/mol. The van der Waals surface area contributed by atoms with Crippen LogP contribution in [0.1, 0.15) is 0 Å². The third kappa shape index (κ3) is 4.77. The number of aliphatic hydroxyl groups is 1. The van der Waals surface area contributed by atoms with E-state index < -0.39 is 11.0 Å². The largest absolute Gasteiger partial charge is 0.491 e. The lowest BCUT2D eigenvalue weighted by Gasteiger charge is -2.14. The highest BCUT2D eigenvalue weighted by atomic mass is 16.6. The first kappa shape index (κ1) is 18.3. The van der Waals surface area contributed by atoms with E-state index in [1.165, 1.54) is 28.9 Å². The number of nitro benzene ring substituents is 1. The van der Waals surface area contributed by atoms with Gasteiger partial charge in [-0.3, -0.25) is 14.9 Å². The number of ether oxygens (including phenoxy) is 1. The summed E-state index contributed by atoms with van der Waals surface area (Å²) in [6.45, 7) is -0.195. The molecule has 1 aromatic heterocycles. The Hall–Kier alpha value is -3.52. The van der Waals surface area contributed by atoms with Crippen molar-refractivity contribution in [3.63, 3.8) is 0 Å². The standard InChI is InChI=1S/C19H17N3O5/c23-16(13-27-17-8-4-7-15(11-17)22(25)26)12-21-19(24)10-9-18(20-21)14-5-2-1-3-6-14/h1-11,16,23H,12-13H2. The second-order valence-electron chi connectivity index (χ2n) is 5.82. The van der Waals surface area contributed by atoms with Gasteiger partial charge in [0.2, 0.25) is 0 Å². The van der Waals surface area contributed by atoms with Gasteiger partial charge in [0.05, 0.1) is 23.2 Å². The van der Waals surface area contributed by atoms with Gasteiger partial charge in [0.25, 0.3) is 11.2 Å². The van der Waals surface area contributed by atoms with Gasteiger partial charge >= 0.3 is 0 Å². The lowest BCUT2D eigenvalue weighted by Crippen LogP contribution is -2.31. The van der Waals surface area contributed by atoms with E-state index >= 15 is 0 Å². The van der Waals surface area contributed by atoms with Crippen LogP contribution >= 0.6 is 0 Å². The normalized spacial score (nSPS) is 11.7. The molecule has 0 bridgehead atoms. The Kier molecular flexibility index (Phi) is 5.58. The van der Waals surface area contributed by atoms with Gasteiger partial charge in [0, 0.05) is 17.7 Å². The SMILES string of the molecule is O=c1ccc(-c2ccccc2)nn1CC(O)COc1cccc([N+](=O)[O-])c1. The first-order chi connectivity index (χ1) is 13.0. The van der Waals surface area contributed by atoms with Crippen LogP contribution in [0.4, 0.5) is 5.69 Å². The van der Waals surface area contributed by atoms with E-state index in [2.05, 4.69) is 5.10 Å². The zero-order valence-corrected chi connectivity index (χ0v) is 14.3. The molecule has 8 nitrogen and oxygen atoms in total. The molecule has 0 radical (unpaired) electrons. The molecule has 2 aromatic carbocycles. The number of aromatic nitrogens is 2. The van der Waals surface area contributed by atoms with Crippen molar-refractivity contribution < 1.29 is 14.8 Å². The first-order valence-corrected chi connectivity index (χ1v) is 8.22. The summed E-state index contributed by atoms with van der Waals surface area (Å²) in [7, 11) is 0. The third-order valence-electron chi connectivity index (χ3n) is 3.79. The Bertz CT molecular complexity index is 988. The van der Waals surface area contributed by atoms with Crippen LogP contribution in [0.2, 0.25) is 0 Å². The summed E-state index contributed by atoms with van der Waals surface area (Å²) < 4.78 is 6.56. The molecule has 3 aromatic rings. The van der Waals surface area contributed by atoms with E-state index in [0.29, 0.717) is 5.69 Å². The fourth-order valence-electron chi connectivity index (χ4n) is 2.47. The molecule has 138 valence electrons. The van der Waals surface area contributed by atoms with Crippen molar-refractivity contribution in [2.24, 2.45) is 0 Å². The van der Waals surface area contributed by atoms with E-state index in [0.717, 1.165) is 5.56 Å². The topological polar surface area (TPSA) is 107 Å². The van der Waals surface area contributed by atoms with E-state index in [4.69, 9.17) is 4.74 Å². The molecule has 1 unspecified atom stereocenters. The third-order valence-corrected chi connectivity index (χ3v) is 3.79. The minimum Gasteiger partial charge on any atom is -0.491 e. The first-order valence-electron chi connectivity index (χ1n) is 8.22. The van der Waals surface area contributed by atoms with E-state index in [9.17, 15) is 20.0 Å². The van der Waals surface area contributed by atoms with E-state index in [1.54, 1.807) is 12.1 Å². The summed E-state index contributed by atoms with van der Waals surface area (Å²) >= 11 is 0. The summed E-state index contributed by atoms with van der Waals surface area (Å²) in [5, 5.41) is 25.2. The van der Waals surface area contributed by atoms with Crippen molar-refractivity contribution in [1.29, 1.82) is 0 Å². The molecule has 0 spiro atoms. The Balaban J connectivity index is 1.67. The Morgan fingerprint density at radius 2 is 1.89 bits per heavy atom. The van der Waals surface area contributed by atoms with Gasteiger partial charge in [0.15, 0.2) is 0 Å². The molecule has 1 heterocycles. The van der Waals surface area contributed by atoms with Crippen LogP contribution in [0.3, 0.4) is 0 Å². The maximum atomic E-state index is 12.0. The molecule has 0 saturated heterocycles. The Morgan fingerprint density at radius 3 is 2.63 bits per heavy atom. The predicted octanol–water partition coefficient (Wildman–Crippen LogP) is 2.26. The summed E-state index contributed by atoms with van der Waals surface area (Å²) in [5.74, 6) is 0.265. The van der Waals surface area contributed by atoms with Crippen molar-refractivity contribution in [3.8, 4) is 17.0 Å². The van der Waals surface area contributed by atoms with Gasteiger partial charge < -0.3 is 9.84 Å². The van der Waals surface area contributed by atoms with Crippen LogP contribution in [0.15, 0.2) is 71.5 Å². The quantitative estimate of drug-likeness (QED) is 0.507. The maximum Gasteiger partial charge on any atom is 0.273 e. The number of nitro groups is 1. The molecule has 0 aliphatic heterocycles. The minimum atomic E-state index is -1.01. The molecular formula is C19H17N3O5. The van der Waals surface area contributed by atoms with E-state index in [-0.39, 0.29) is 30.1 Å². The number of non-ortho nitro benzene ring substituents is 1. The zero-order valence-electron chi connectivity index (χ0n) is 14.3. The number of aliphatic hydroxyl groups excluding tert-OH is 1. The summed E-state index contributed by atoms with van der Waals surface area (Å²) in [5.41, 5.74) is 1.02. The monoisotopic (exact) mass is 367 g/mol. The number of nitrogens with zero attached hydrogens (tertiary/aromatic N) is 3. The molecule has 8 heteroatoms. The molecule has 3 rings (SSSR count). The van der Waals surface area contributed by atoms with Crippen LogP contribution in [-0.2, 0) is 6.54 Å². The van der Waals surface area contributed by atoms with Crippen molar-refractivity contribution in [2.45, 2.75) is 12.6 Å². The highest BCUT2D eigenvalue weighted by molar-refractivity contribution is 5.57.